The molecule has 10 heteroatoms. The quantitative estimate of drug-likeness (QED) is 0.348. The van der Waals surface area contributed by atoms with Gasteiger partial charge in [0.15, 0.2) is 0 Å². The van der Waals surface area contributed by atoms with Gasteiger partial charge < -0.3 is 15.5 Å². The van der Waals surface area contributed by atoms with Gasteiger partial charge in [0.25, 0.3) is 0 Å². The molecule has 1 fully saturated rings. The Kier molecular flexibility index (Phi) is 6.40. The smallest absolute Gasteiger partial charge is 0.408 e. The van der Waals surface area contributed by atoms with E-state index in [-0.39, 0.29) is 26.7 Å². The third kappa shape index (κ3) is 8.27. The minimum Gasteiger partial charge on any atom is -0.465 e. The molecule has 39 heavy (non-hydrogen) atoms. The second-order valence-corrected chi connectivity index (χ2v) is 12.4. The predicted molar refractivity (Wildman–Crippen MR) is 151 cm³/mol. The van der Waals surface area contributed by atoms with Gasteiger partial charge in [-0.05, 0) is 75.7 Å². The number of benzene rings is 2. The molecule has 0 saturated heterocycles. The number of aliphatic hydroxyl groups is 1. The van der Waals surface area contributed by atoms with Crippen LogP contribution in [-0.2, 0) is 21.2 Å². The fourth-order valence-corrected chi connectivity index (χ4v) is 5.02. The van der Waals surface area contributed by atoms with Crippen LogP contribution in [0.1, 0.15) is 65.4 Å². The van der Waals surface area contributed by atoms with E-state index in [1.54, 1.807) is 0 Å². The summed E-state index contributed by atoms with van der Waals surface area (Å²) < 4.78 is 107. The average Bonchev–Trinajstić information content (AvgIpc) is 3.79. The predicted octanol–water partition coefficient (Wildman–Crippen LogP) is 4.43. The molecular formula is C29H41N3O6S. The maximum atomic E-state index is 14.1. The van der Waals surface area contributed by atoms with Gasteiger partial charge in [-0.2, -0.15) is 4.31 Å². The minimum absolute atomic E-state index is 0.0139. The third-order valence-corrected chi connectivity index (χ3v) is 7.27. The summed E-state index contributed by atoms with van der Waals surface area (Å²) in [5.41, 5.74) is -2.52. The number of hydrogen-bond donors (Lipinski definition) is 3. The summed E-state index contributed by atoms with van der Waals surface area (Å²) in [7, 11) is -5.06. The second kappa shape index (κ2) is 12.5. The van der Waals surface area contributed by atoms with Crippen LogP contribution in [0.5, 0.6) is 0 Å². The highest BCUT2D eigenvalue weighted by Crippen LogP contribution is 2.30. The number of nitrogens with one attached hydrogen (secondary N) is 1. The molecule has 0 radical (unpaired) electrons. The number of rotatable bonds is 12. The van der Waals surface area contributed by atoms with Gasteiger partial charge in [0.05, 0.1) is 23.8 Å². The SMILES string of the molecule is [2H]c1ccc(C([2H])([2H])[C@]([2H])(N(C(=O)O)C(C)(C)C)[C@]([2H])(O)C([2H])([2H])N(CC(C)C)S(=O)(=O)c2ccc(NC(=O)C3CC3)cc2)c([2H])c1[2H]. The van der Waals surface area contributed by atoms with Crippen molar-refractivity contribution in [3.05, 3.63) is 60.1 Å². The Morgan fingerprint density at radius 1 is 1.18 bits per heavy atom. The van der Waals surface area contributed by atoms with Crippen molar-refractivity contribution in [2.45, 2.75) is 76.4 Å². The average molecular weight is 569 g/mol. The first-order valence-corrected chi connectivity index (χ1v) is 13.9. The molecule has 0 aliphatic heterocycles. The number of hydrogen-bond acceptors (Lipinski definition) is 5. The first-order chi connectivity index (χ1) is 21.7. The van der Waals surface area contributed by atoms with Crippen molar-refractivity contribution in [1.82, 2.24) is 9.21 Å². The molecule has 1 saturated carbocycles. The molecule has 0 heterocycles. The normalized spacial score (nSPS) is 21.4. The summed E-state index contributed by atoms with van der Waals surface area (Å²) in [5.74, 6) is -1.09. The van der Waals surface area contributed by atoms with Crippen molar-refractivity contribution in [2.24, 2.45) is 11.8 Å². The number of carbonyl (C=O) groups is 2. The van der Waals surface area contributed by atoms with Gasteiger partial charge in [-0.3, -0.25) is 9.69 Å². The number of amides is 2. The summed E-state index contributed by atoms with van der Waals surface area (Å²) in [6.07, 6.45) is -8.65. The van der Waals surface area contributed by atoms with Crippen LogP contribution in [-0.4, -0.2) is 70.5 Å². The van der Waals surface area contributed by atoms with E-state index in [9.17, 15) is 29.6 Å². The second-order valence-electron chi connectivity index (χ2n) is 10.6. The fraction of sp³-hybridized carbons (Fsp3) is 0.517. The molecule has 9 nitrogen and oxygen atoms in total. The van der Waals surface area contributed by atoms with E-state index in [4.69, 9.17) is 11.0 Å². The van der Waals surface area contributed by atoms with E-state index < -0.39 is 87.7 Å². The molecule has 0 unspecified atom stereocenters. The van der Waals surface area contributed by atoms with Crippen molar-refractivity contribution in [3.63, 3.8) is 0 Å². The van der Waals surface area contributed by atoms with Gasteiger partial charge in [-0.1, -0.05) is 44.1 Å². The number of sulfonamides is 1. The molecule has 214 valence electrons. The van der Waals surface area contributed by atoms with E-state index in [1.807, 2.05) is 0 Å². The molecule has 2 atom stereocenters. The molecular weight excluding hydrogens is 518 g/mol. The van der Waals surface area contributed by atoms with Crippen LogP contribution in [0.15, 0.2) is 59.4 Å². The summed E-state index contributed by atoms with van der Waals surface area (Å²) in [4.78, 5) is 24.4. The standard InChI is InChI=1S/C29H41N3O6S/c1-20(2)18-31(39(37,38)24-15-13-23(14-16-24)30-27(34)22-11-12-22)19-26(33)25(17-21-9-7-6-8-10-21)32(28(35)36)29(3,4)5/h6-10,13-16,20,22,25-26,33H,11-12,17-19H2,1-5H3,(H,30,34)(H,35,36)/t25-,26+/m0/s1/i6D,7D,9D,17D2,19D2,25D,26D. The van der Waals surface area contributed by atoms with Crippen LogP contribution in [0.25, 0.3) is 0 Å². The van der Waals surface area contributed by atoms with E-state index in [0.29, 0.717) is 0 Å². The number of nitrogens with zero attached hydrogens (tertiary/aromatic N) is 2. The van der Waals surface area contributed by atoms with Gasteiger partial charge in [0.2, 0.25) is 15.9 Å². The molecule has 0 bridgehead atoms. The van der Waals surface area contributed by atoms with Crippen LogP contribution in [0.2, 0.25) is 0 Å². The van der Waals surface area contributed by atoms with Gasteiger partial charge >= 0.3 is 6.09 Å². The first-order valence-electron chi connectivity index (χ1n) is 16.9. The lowest BCUT2D eigenvalue weighted by Crippen LogP contribution is -2.58. The number of carbonyl (C=O) groups excluding carboxylic acids is 1. The summed E-state index contributed by atoms with van der Waals surface area (Å²) >= 11 is 0. The Morgan fingerprint density at radius 2 is 1.82 bits per heavy atom. The largest absolute Gasteiger partial charge is 0.465 e. The highest BCUT2D eigenvalue weighted by molar-refractivity contribution is 7.89. The molecule has 0 spiro atoms. The van der Waals surface area contributed by atoms with Crippen LogP contribution in [0.3, 0.4) is 0 Å². The fourth-order valence-electron chi connectivity index (χ4n) is 3.59. The van der Waals surface area contributed by atoms with Crippen LogP contribution < -0.4 is 5.32 Å². The lowest BCUT2D eigenvalue weighted by atomic mass is 9.94. The van der Waals surface area contributed by atoms with Gasteiger partial charge in [0.1, 0.15) is 0 Å². The first kappa shape index (κ1) is 20.0. The Morgan fingerprint density at radius 3 is 2.36 bits per heavy atom. The van der Waals surface area contributed by atoms with Crippen LogP contribution in [0, 0.1) is 11.8 Å². The van der Waals surface area contributed by atoms with E-state index >= 15 is 0 Å². The maximum Gasteiger partial charge on any atom is 0.408 e. The zero-order chi connectivity index (χ0) is 37.0. The number of carboxylic acid groups (broad SMARTS) is 1. The van der Waals surface area contributed by atoms with Crippen molar-refractivity contribution in [3.8, 4) is 0 Å². The lowest BCUT2D eigenvalue weighted by Gasteiger charge is -2.42. The summed E-state index contributed by atoms with van der Waals surface area (Å²) in [6.45, 7) is 1.84. The van der Waals surface area contributed by atoms with Gasteiger partial charge in [-0.25, -0.2) is 13.2 Å². The molecule has 2 aromatic rings. The molecule has 0 aromatic heterocycles. The molecule has 2 aromatic carbocycles. The monoisotopic (exact) mass is 568 g/mol. The zero-order valence-corrected chi connectivity index (χ0v) is 23.4. The third-order valence-electron chi connectivity index (χ3n) is 5.59. The van der Waals surface area contributed by atoms with Gasteiger partial charge in [-0.15, -0.1) is 0 Å². The Bertz CT molecular complexity index is 1660. The topological polar surface area (TPSA) is 127 Å². The molecule has 3 rings (SSSR count). The van der Waals surface area contributed by atoms with Crippen molar-refractivity contribution >= 4 is 27.7 Å². The Hall–Kier alpha value is -2.95. The zero-order valence-electron chi connectivity index (χ0n) is 31.6. The van der Waals surface area contributed by atoms with Crippen molar-refractivity contribution in [1.29, 1.82) is 0 Å². The highest BCUT2D eigenvalue weighted by atomic mass is 32.2. The van der Waals surface area contributed by atoms with Crippen LogP contribution in [0.4, 0.5) is 10.5 Å². The number of anilines is 1. The van der Waals surface area contributed by atoms with Crippen molar-refractivity contribution in [2.75, 3.05) is 18.4 Å². The Labute approximate surface area is 244 Å². The molecule has 1 aliphatic carbocycles. The minimum atomic E-state index is -5.06. The highest BCUT2D eigenvalue weighted by Gasteiger charge is 2.39. The van der Waals surface area contributed by atoms with E-state index in [0.717, 1.165) is 37.1 Å². The Balaban J connectivity index is 2.31. The van der Waals surface area contributed by atoms with Crippen LogP contribution >= 0.6 is 0 Å². The summed E-state index contributed by atoms with van der Waals surface area (Å²) in [6, 6.07) is -0.0208. The molecule has 1 aliphatic rings. The molecule has 2 amide bonds. The van der Waals surface area contributed by atoms with E-state index in [2.05, 4.69) is 5.32 Å². The van der Waals surface area contributed by atoms with E-state index in [1.165, 1.54) is 46.8 Å². The van der Waals surface area contributed by atoms with Crippen molar-refractivity contribution < 1.29 is 40.6 Å². The lowest BCUT2D eigenvalue weighted by molar-refractivity contribution is -0.117. The maximum absolute atomic E-state index is 14.1. The molecule has 3 N–H and O–H groups in total. The van der Waals surface area contributed by atoms with Gasteiger partial charge in [0, 0.05) is 35.7 Å². The summed E-state index contributed by atoms with van der Waals surface area (Å²) in [5, 5.41) is 25.0.